The van der Waals surface area contributed by atoms with Crippen LogP contribution in [0, 0.1) is 0 Å². The highest BCUT2D eigenvalue weighted by Crippen LogP contribution is 2.38. The second kappa shape index (κ2) is 2.65. The summed E-state index contributed by atoms with van der Waals surface area (Å²) >= 11 is 0. The van der Waals surface area contributed by atoms with Crippen molar-refractivity contribution in [2.24, 2.45) is 0 Å². The molecule has 0 bridgehead atoms. The van der Waals surface area contributed by atoms with Crippen LogP contribution >= 0.6 is 7.29 Å². The minimum atomic E-state index is -1.92. The third kappa shape index (κ3) is 2.49. The van der Waals surface area contributed by atoms with Crippen LogP contribution in [0.4, 0.5) is 0 Å². The van der Waals surface area contributed by atoms with Gasteiger partial charge in [-0.2, -0.15) is 0 Å². The zero-order chi connectivity index (χ0) is 6.78. The van der Waals surface area contributed by atoms with Crippen LogP contribution < -0.4 is 0 Å². The summed E-state index contributed by atoms with van der Waals surface area (Å²) in [6.45, 7) is 6.41. The highest BCUT2D eigenvalue weighted by atomic mass is 31.2. The Morgan fingerprint density at radius 2 is 1.88 bits per heavy atom. The van der Waals surface area contributed by atoms with E-state index >= 15 is 0 Å². The molecule has 0 aromatic rings. The molecule has 0 saturated heterocycles. The lowest BCUT2D eigenvalue weighted by Gasteiger charge is -2.18. The van der Waals surface area contributed by atoms with Crippen molar-refractivity contribution in [1.29, 1.82) is 0 Å². The van der Waals surface area contributed by atoms with Crippen molar-refractivity contribution in [3.8, 4) is 0 Å². The second-order valence-corrected chi connectivity index (χ2v) is 5.54. The molecule has 0 atom stereocenters. The fourth-order valence-electron chi connectivity index (χ4n) is 0.341. The Balaban J connectivity index is 3.82. The van der Waals surface area contributed by atoms with E-state index in [0.29, 0.717) is 0 Å². The van der Waals surface area contributed by atoms with Crippen molar-refractivity contribution >= 4 is 7.29 Å². The minimum absolute atomic E-state index is 0.865. The lowest BCUT2D eigenvalue weighted by molar-refractivity contribution is 0.493. The van der Waals surface area contributed by atoms with Crippen LogP contribution in [0.25, 0.3) is 0 Å². The van der Waals surface area contributed by atoms with Crippen molar-refractivity contribution in [3.05, 3.63) is 0 Å². The molecule has 0 radical (unpaired) electrons. The highest BCUT2D eigenvalue weighted by molar-refractivity contribution is 7.59. The molecule has 0 fully saturated rings. The van der Waals surface area contributed by atoms with Gasteiger partial charge in [0.15, 0.2) is 0 Å². The molecule has 0 saturated carbocycles. The average molecular weight is 135 g/mol. The van der Waals surface area contributed by atoms with Gasteiger partial charge in [0.05, 0.1) is 0 Å². The second-order valence-electron chi connectivity index (χ2n) is 2.27. The van der Waals surface area contributed by atoms with E-state index in [-0.39, 0.29) is 0 Å². The van der Waals surface area contributed by atoms with Crippen LogP contribution in [0.2, 0.25) is 0 Å². The minimum Gasteiger partial charge on any atom is -0.307 e. The summed E-state index contributed by atoms with van der Waals surface area (Å²) in [5, 5.41) is 0. The molecule has 0 aliphatic rings. The fraction of sp³-hybridized carbons (Fsp3) is 1.00. The number of nitrogens with zero attached hydrogens (tertiary/aromatic N) is 1. The first-order valence-electron chi connectivity index (χ1n) is 2.75. The molecule has 0 spiro atoms. The largest absolute Gasteiger partial charge is 0.307 e. The zero-order valence-corrected chi connectivity index (χ0v) is 6.90. The van der Waals surface area contributed by atoms with E-state index in [1.165, 1.54) is 0 Å². The predicted molar refractivity (Wildman–Crippen MR) is 37.8 cm³/mol. The van der Waals surface area contributed by atoms with E-state index in [1.54, 1.807) is 13.3 Å². The van der Waals surface area contributed by atoms with Gasteiger partial charge in [0.1, 0.15) is 7.29 Å². The fourth-order valence-corrected chi connectivity index (χ4v) is 1.02. The summed E-state index contributed by atoms with van der Waals surface area (Å²) in [5.41, 5.74) is 0. The predicted octanol–water partition coefficient (Wildman–Crippen LogP) is 1.48. The Kier molecular flexibility index (Phi) is 2.72. The molecule has 0 unspecified atom stereocenters. The molecule has 0 rings (SSSR count). The van der Waals surface area contributed by atoms with Crippen LogP contribution in [0.15, 0.2) is 0 Å². The summed E-state index contributed by atoms with van der Waals surface area (Å²) in [7, 11) is -0.0476. The molecule has 0 N–H and O–H groups in total. The lowest BCUT2D eigenvalue weighted by Crippen LogP contribution is -2.12. The molecule has 0 heterocycles. The maximum absolute atomic E-state index is 11.1. The molecule has 0 aliphatic heterocycles. The Labute approximate surface area is 51.3 Å². The van der Waals surface area contributed by atoms with Gasteiger partial charge in [-0.25, -0.2) is 0 Å². The van der Waals surface area contributed by atoms with Crippen LogP contribution in [0.3, 0.4) is 0 Å². The van der Waals surface area contributed by atoms with Gasteiger partial charge in [0, 0.05) is 19.9 Å². The first-order valence-corrected chi connectivity index (χ1v) is 5.30. The van der Waals surface area contributed by atoms with E-state index in [0.717, 1.165) is 6.54 Å². The van der Waals surface area contributed by atoms with E-state index in [9.17, 15) is 4.57 Å². The summed E-state index contributed by atoms with van der Waals surface area (Å²) in [6, 6.07) is 0. The van der Waals surface area contributed by atoms with E-state index < -0.39 is 7.29 Å². The molecule has 0 aromatic carbocycles. The summed E-state index contributed by atoms with van der Waals surface area (Å²) < 4.78 is 12.9. The van der Waals surface area contributed by atoms with Gasteiger partial charge in [-0.1, -0.05) is 6.92 Å². The average Bonchev–Trinajstić information content (AvgIpc) is 1.62. The van der Waals surface area contributed by atoms with Gasteiger partial charge in [-0.3, -0.25) is 4.67 Å². The molecule has 0 aromatic heterocycles. The molecular formula is C5H14NOP. The molecule has 3 heteroatoms. The summed E-state index contributed by atoms with van der Waals surface area (Å²) in [6.07, 6.45) is 0. The van der Waals surface area contributed by atoms with Gasteiger partial charge in [0.25, 0.3) is 0 Å². The maximum atomic E-state index is 11.1. The number of rotatable bonds is 2. The first-order chi connectivity index (χ1) is 3.48. The molecule has 0 amide bonds. The third-order valence-electron chi connectivity index (χ3n) is 1.28. The standard InChI is InChI=1S/C5H14NOP/c1-5-6(2)8(3,4)7/h5H2,1-4H3. The zero-order valence-electron chi connectivity index (χ0n) is 6.01. The maximum Gasteiger partial charge on any atom is 0.144 e. The Morgan fingerprint density at radius 3 is 1.88 bits per heavy atom. The van der Waals surface area contributed by atoms with Crippen molar-refractivity contribution in [3.63, 3.8) is 0 Å². The molecule has 8 heavy (non-hydrogen) atoms. The van der Waals surface area contributed by atoms with Gasteiger partial charge >= 0.3 is 0 Å². The van der Waals surface area contributed by atoms with Gasteiger partial charge in [-0.05, 0) is 7.05 Å². The van der Waals surface area contributed by atoms with Crippen LogP contribution in [-0.2, 0) is 4.57 Å². The molecule has 2 nitrogen and oxygen atoms in total. The normalized spacial score (nSPS) is 12.6. The van der Waals surface area contributed by atoms with Crippen molar-refractivity contribution < 1.29 is 4.57 Å². The lowest BCUT2D eigenvalue weighted by atomic mass is 10.8. The molecule has 0 aliphatic carbocycles. The third-order valence-corrected chi connectivity index (χ3v) is 3.21. The van der Waals surface area contributed by atoms with Crippen LogP contribution in [0.5, 0.6) is 0 Å². The van der Waals surface area contributed by atoms with Crippen LogP contribution in [0.1, 0.15) is 6.92 Å². The smallest absolute Gasteiger partial charge is 0.144 e. The highest BCUT2D eigenvalue weighted by Gasteiger charge is 2.10. The van der Waals surface area contributed by atoms with E-state index in [4.69, 9.17) is 0 Å². The molecule has 50 valence electrons. The summed E-state index contributed by atoms with van der Waals surface area (Å²) in [4.78, 5) is 0. The molecular weight excluding hydrogens is 121 g/mol. The monoisotopic (exact) mass is 135 g/mol. The van der Waals surface area contributed by atoms with E-state index in [1.807, 2.05) is 18.6 Å². The van der Waals surface area contributed by atoms with Gasteiger partial charge in [-0.15, -0.1) is 0 Å². The van der Waals surface area contributed by atoms with E-state index in [2.05, 4.69) is 0 Å². The van der Waals surface area contributed by atoms with Crippen molar-refractivity contribution in [2.75, 3.05) is 26.9 Å². The number of hydrogen-bond acceptors (Lipinski definition) is 1. The first kappa shape index (κ1) is 8.19. The Bertz CT molecular complexity index is 107. The Hall–Kier alpha value is 0.190. The Morgan fingerprint density at radius 1 is 1.50 bits per heavy atom. The van der Waals surface area contributed by atoms with Crippen LogP contribution in [-0.4, -0.2) is 31.6 Å². The van der Waals surface area contributed by atoms with Gasteiger partial charge < -0.3 is 4.57 Å². The summed E-state index contributed by atoms with van der Waals surface area (Å²) in [5.74, 6) is 0. The van der Waals surface area contributed by atoms with Gasteiger partial charge in [0.2, 0.25) is 0 Å². The number of hydrogen-bond donors (Lipinski definition) is 0. The topological polar surface area (TPSA) is 20.3 Å². The van der Waals surface area contributed by atoms with Crippen molar-refractivity contribution in [1.82, 2.24) is 4.67 Å². The quantitative estimate of drug-likeness (QED) is 0.534. The van der Waals surface area contributed by atoms with Crippen molar-refractivity contribution in [2.45, 2.75) is 6.92 Å². The SMILES string of the molecule is CCN(C)P(C)(C)=O.